The lowest BCUT2D eigenvalue weighted by molar-refractivity contribution is -0.136. The Balaban J connectivity index is 1.89. The van der Waals surface area contributed by atoms with Crippen LogP contribution in [0.25, 0.3) is 0 Å². The van der Waals surface area contributed by atoms with E-state index in [0.29, 0.717) is 6.42 Å². The molecule has 1 fully saturated rings. The van der Waals surface area contributed by atoms with Crippen molar-refractivity contribution in [3.8, 4) is 0 Å². The molecule has 3 heteroatoms. The van der Waals surface area contributed by atoms with Crippen molar-refractivity contribution >= 4 is 5.91 Å². The monoisotopic (exact) mass is 269 g/mol. The van der Waals surface area contributed by atoms with Crippen LogP contribution >= 0.6 is 0 Å². The molecule has 1 rings (SSSR count). The second kappa shape index (κ2) is 10.2. The maximum atomic E-state index is 11.4. The minimum Gasteiger partial charge on any atom is -0.374 e. The second-order valence-corrected chi connectivity index (χ2v) is 5.79. The molecule has 1 heterocycles. The van der Waals surface area contributed by atoms with Crippen LogP contribution < -0.4 is 0 Å². The highest BCUT2D eigenvalue weighted by Gasteiger charge is 2.25. The molecule has 1 saturated heterocycles. The SMILES string of the molecule is CCCCCCCCCCCC(O)N1CCCC1=O. The van der Waals surface area contributed by atoms with Gasteiger partial charge in [0.1, 0.15) is 6.23 Å². The van der Waals surface area contributed by atoms with Gasteiger partial charge in [-0.25, -0.2) is 0 Å². The molecule has 112 valence electrons. The average molecular weight is 269 g/mol. The molecule has 0 spiro atoms. The first kappa shape index (κ1) is 16.5. The van der Waals surface area contributed by atoms with E-state index in [1.54, 1.807) is 4.90 Å². The number of rotatable bonds is 11. The highest BCUT2D eigenvalue weighted by atomic mass is 16.3. The molecule has 3 nitrogen and oxygen atoms in total. The lowest BCUT2D eigenvalue weighted by Crippen LogP contribution is -2.35. The molecular weight excluding hydrogens is 238 g/mol. The zero-order valence-corrected chi connectivity index (χ0v) is 12.6. The molecule has 0 aliphatic carbocycles. The van der Waals surface area contributed by atoms with E-state index < -0.39 is 6.23 Å². The van der Waals surface area contributed by atoms with Crippen molar-refractivity contribution in [1.82, 2.24) is 4.90 Å². The summed E-state index contributed by atoms with van der Waals surface area (Å²) in [6, 6.07) is 0. The van der Waals surface area contributed by atoms with Gasteiger partial charge in [0.25, 0.3) is 0 Å². The number of amides is 1. The number of carbonyl (C=O) groups excluding carboxylic acids is 1. The van der Waals surface area contributed by atoms with E-state index in [0.717, 1.165) is 25.8 Å². The molecule has 1 N–H and O–H groups in total. The van der Waals surface area contributed by atoms with E-state index in [2.05, 4.69) is 6.92 Å². The van der Waals surface area contributed by atoms with Crippen molar-refractivity contribution in [1.29, 1.82) is 0 Å². The molecule has 0 aromatic heterocycles. The Bertz CT molecular complexity index is 243. The largest absolute Gasteiger partial charge is 0.374 e. The van der Waals surface area contributed by atoms with Gasteiger partial charge in [0.15, 0.2) is 0 Å². The van der Waals surface area contributed by atoms with Crippen LogP contribution in [0.5, 0.6) is 0 Å². The summed E-state index contributed by atoms with van der Waals surface area (Å²) in [5.41, 5.74) is 0. The fourth-order valence-electron chi connectivity index (χ4n) is 2.78. The number of nitrogens with zero attached hydrogens (tertiary/aromatic N) is 1. The lowest BCUT2D eigenvalue weighted by Gasteiger charge is -2.22. The quantitative estimate of drug-likeness (QED) is 0.579. The minimum atomic E-state index is -0.528. The number of aliphatic hydroxyl groups is 1. The van der Waals surface area contributed by atoms with E-state index in [9.17, 15) is 9.90 Å². The third-order valence-corrected chi connectivity index (χ3v) is 4.04. The van der Waals surface area contributed by atoms with Gasteiger partial charge in [0, 0.05) is 13.0 Å². The Labute approximate surface area is 118 Å². The van der Waals surface area contributed by atoms with Crippen molar-refractivity contribution in [2.45, 2.75) is 90.2 Å². The Morgan fingerprint density at radius 2 is 1.63 bits per heavy atom. The van der Waals surface area contributed by atoms with Crippen LogP contribution in [0.1, 0.15) is 84.0 Å². The van der Waals surface area contributed by atoms with Crippen LogP contribution in [0.3, 0.4) is 0 Å². The van der Waals surface area contributed by atoms with Gasteiger partial charge in [-0.05, 0) is 19.3 Å². The molecule has 1 unspecified atom stereocenters. The highest BCUT2D eigenvalue weighted by Crippen LogP contribution is 2.17. The number of aliphatic hydroxyl groups excluding tert-OH is 1. The maximum Gasteiger partial charge on any atom is 0.224 e. The summed E-state index contributed by atoms with van der Waals surface area (Å²) in [6.07, 6.45) is 13.4. The fraction of sp³-hybridized carbons (Fsp3) is 0.938. The van der Waals surface area contributed by atoms with E-state index in [1.807, 2.05) is 0 Å². The first-order valence-corrected chi connectivity index (χ1v) is 8.23. The number of hydrogen-bond donors (Lipinski definition) is 1. The van der Waals surface area contributed by atoms with Crippen molar-refractivity contribution in [2.75, 3.05) is 6.54 Å². The van der Waals surface area contributed by atoms with Crippen LogP contribution in [0.4, 0.5) is 0 Å². The van der Waals surface area contributed by atoms with Gasteiger partial charge in [0.05, 0.1) is 0 Å². The van der Waals surface area contributed by atoms with E-state index >= 15 is 0 Å². The number of unbranched alkanes of at least 4 members (excludes halogenated alkanes) is 8. The van der Waals surface area contributed by atoms with Gasteiger partial charge < -0.3 is 10.0 Å². The Kier molecular flexibility index (Phi) is 8.89. The molecule has 1 amide bonds. The second-order valence-electron chi connectivity index (χ2n) is 5.79. The standard InChI is InChI=1S/C16H31NO2/c1-2-3-4-5-6-7-8-9-10-12-15(18)17-14-11-13-16(17)19/h15,18H,2-14H2,1H3. The Hall–Kier alpha value is -0.570. The van der Waals surface area contributed by atoms with Gasteiger partial charge in [-0.2, -0.15) is 0 Å². The zero-order chi connectivity index (χ0) is 13.9. The molecule has 0 saturated carbocycles. The van der Waals surface area contributed by atoms with Crippen LogP contribution in [0.15, 0.2) is 0 Å². The van der Waals surface area contributed by atoms with Gasteiger partial charge >= 0.3 is 0 Å². The number of hydrogen-bond acceptors (Lipinski definition) is 2. The maximum absolute atomic E-state index is 11.4. The average Bonchev–Trinajstić information content (AvgIpc) is 2.83. The van der Waals surface area contributed by atoms with Crippen molar-refractivity contribution < 1.29 is 9.90 Å². The first-order valence-electron chi connectivity index (χ1n) is 8.23. The van der Waals surface area contributed by atoms with Crippen LogP contribution in [0.2, 0.25) is 0 Å². The van der Waals surface area contributed by atoms with E-state index in [4.69, 9.17) is 0 Å². The summed E-state index contributed by atoms with van der Waals surface area (Å²) >= 11 is 0. The lowest BCUT2D eigenvalue weighted by atomic mass is 10.1. The topological polar surface area (TPSA) is 40.5 Å². The van der Waals surface area contributed by atoms with Crippen molar-refractivity contribution in [3.05, 3.63) is 0 Å². The molecule has 0 radical (unpaired) electrons. The van der Waals surface area contributed by atoms with Gasteiger partial charge in [-0.1, -0.05) is 58.3 Å². The fourth-order valence-corrected chi connectivity index (χ4v) is 2.78. The first-order chi connectivity index (χ1) is 9.25. The molecule has 1 aliphatic rings. The summed E-state index contributed by atoms with van der Waals surface area (Å²) in [5.74, 6) is 0.128. The smallest absolute Gasteiger partial charge is 0.224 e. The number of likely N-dealkylation sites (tertiary alicyclic amines) is 1. The third kappa shape index (κ3) is 6.95. The summed E-state index contributed by atoms with van der Waals surface area (Å²) in [6.45, 7) is 2.99. The Morgan fingerprint density at radius 1 is 1.05 bits per heavy atom. The predicted octanol–water partition coefficient (Wildman–Crippen LogP) is 3.85. The normalized spacial score (nSPS) is 17.2. The molecular formula is C16H31NO2. The zero-order valence-electron chi connectivity index (χ0n) is 12.6. The predicted molar refractivity (Wildman–Crippen MR) is 78.8 cm³/mol. The summed E-state index contributed by atoms with van der Waals surface area (Å²) in [7, 11) is 0. The van der Waals surface area contributed by atoms with E-state index in [1.165, 1.54) is 51.4 Å². The van der Waals surface area contributed by atoms with Crippen LogP contribution in [0, 0.1) is 0 Å². The van der Waals surface area contributed by atoms with Gasteiger partial charge in [-0.3, -0.25) is 4.79 Å². The summed E-state index contributed by atoms with van der Waals surface area (Å²) in [4.78, 5) is 13.1. The van der Waals surface area contributed by atoms with E-state index in [-0.39, 0.29) is 5.91 Å². The van der Waals surface area contributed by atoms with Crippen LogP contribution in [-0.4, -0.2) is 28.7 Å². The minimum absolute atomic E-state index is 0.128. The van der Waals surface area contributed by atoms with Gasteiger partial charge in [0.2, 0.25) is 5.91 Å². The van der Waals surface area contributed by atoms with Crippen molar-refractivity contribution in [3.63, 3.8) is 0 Å². The molecule has 1 atom stereocenters. The van der Waals surface area contributed by atoms with Crippen LogP contribution in [-0.2, 0) is 4.79 Å². The summed E-state index contributed by atoms with van der Waals surface area (Å²) < 4.78 is 0. The molecule has 0 bridgehead atoms. The molecule has 19 heavy (non-hydrogen) atoms. The highest BCUT2D eigenvalue weighted by molar-refractivity contribution is 5.78. The summed E-state index contributed by atoms with van der Waals surface area (Å²) in [5, 5.41) is 9.92. The number of carbonyl (C=O) groups is 1. The Morgan fingerprint density at radius 3 is 2.16 bits per heavy atom. The molecule has 0 aromatic carbocycles. The molecule has 1 aliphatic heterocycles. The third-order valence-electron chi connectivity index (χ3n) is 4.04. The van der Waals surface area contributed by atoms with Gasteiger partial charge in [-0.15, -0.1) is 0 Å². The molecule has 0 aromatic rings. The van der Waals surface area contributed by atoms with Crippen molar-refractivity contribution in [2.24, 2.45) is 0 Å².